The van der Waals surface area contributed by atoms with Gasteiger partial charge in [0.25, 0.3) is 23.1 Å². The van der Waals surface area contributed by atoms with Crippen LogP contribution in [0.4, 0.5) is 5.69 Å². The number of carbonyl (C=O) groups excluding carboxylic acids is 3. The van der Waals surface area contributed by atoms with Gasteiger partial charge < -0.3 is 9.72 Å². The quantitative estimate of drug-likeness (QED) is 0.256. The van der Waals surface area contributed by atoms with E-state index in [9.17, 15) is 29.3 Å². The number of hydrogen-bond donors (Lipinski definition) is 1. The van der Waals surface area contributed by atoms with Gasteiger partial charge >= 0.3 is 5.97 Å². The van der Waals surface area contributed by atoms with Crippen molar-refractivity contribution >= 4 is 45.0 Å². The zero-order chi connectivity index (χ0) is 23.2. The van der Waals surface area contributed by atoms with Crippen molar-refractivity contribution in [2.45, 2.75) is 26.9 Å². The van der Waals surface area contributed by atoms with Gasteiger partial charge in [-0.1, -0.05) is 6.07 Å². The molecule has 1 aliphatic rings. The predicted molar refractivity (Wildman–Crippen MR) is 113 cm³/mol. The molecule has 2 aromatic heterocycles. The first-order valence-corrected chi connectivity index (χ1v) is 10.3. The molecule has 0 fully saturated rings. The highest BCUT2D eigenvalue weighted by Gasteiger charge is 2.40. The Bertz CT molecular complexity index is 1370. The summed E-state index contributed by atoms with van der Waals surface area (Å²) in [6, 6.07) is 3.79. The van der Waals surface area contributed by atoms with Crippen LogP contribution in [0.3, 0.4) is 0 Å². The molecule has 11 nitrogen and oxygen atoms in total. The number of esters is 1. The third kappa shape index (κ3) is 3.54. The number of aromatic nitrogens is 2. The molecular weight excluding hydrogens is 440 g/mol. The SMILES string of the molecule is Cc1sc2nc(COC(=O)CCN3C(=O)c4cccc([N+](=O)[O-])c4C3=O)[nH]c(=O)c2c1C. The summed E-state index contributed by atoms with van der Waals surface area (Å²) < 4.78 is 5.11. The van der Waals surface area contributed by atoms with E-state index in [0.29, 0.717) is 10.2 Å². The third-order valence-corrected chi connectivity index (χ3v) is 6.27. The summed E-state index contributed by atoms with van der Waals surface area (Å²) in [6.45, 7) is 3.13. The van der Waals surface area contributed by atoms with Crippen LogP contribution < -0.4 is 5.56 Å². The van der Waals surface area contributed by atoms with E-state index in [4.69, 9.17) is 4.74 Å². The second kappa shape index (κ2) is 7.96. The summed E-state index contributed by atoms with van der Waals surface area (Å²) >= 11 is 1.36. The Balaban J connectivity index is 1.41. The topological polar surface area (TPSA) is 153 Å². The molecule has 0 saturated heterocycles. The maximum absolute atomic E-state index is 12.5. The highest BCUT2D eigenvalue weighted by atomic mass is 32.1. The molecule has 3 heterocycles. The Morgan fingerprint density at radius 1 is 1.25 bits per heavy atom. The van der Waals surface area contributed by atoms with E-state index in [1.54, 1.807) is 0 Å². The average Bonchev–Trinajstić information content (AvgIpc) is 3.17. The van der Waals surface area contributed by atoms with Gasteiger partial charge in [0.2, 0.25) is 0 Å². The largest absolute Gasteiger partial charge is 0.457 e. The summed E-state index contributed by atoms with van der Waals surface area (Å²) in [5.74, 6) is -2.09. The smallest absolute Gasteiger partial charge is 0.308 e. The zero-order valence-electron chi connectivity index (χ0n) is 17.0. The second-order valence-corrected chi connectivity index (χ2v) is 8.31. The lowest BCUT2D eigenvalue weighted by molar-refractivity contribution is -0.385. The molecule has 1 aliphatic heterocycles. The van der Waals surface area contributed by atoms with Gasteiger partial charge in [0.05, 0.1) is 22.3 Å². The Morgan fingerprint density at radius 2 is 2.00 bits per heavy atom. The number of aryl methyl sites for hydroxylation is 2. The molecule has 32 heavy (non-hydrogen) atoms. The lowest BCUT2D eigenvalue weighted by atomic mass is 10.1. The first-order valence-electron chi connectivity index (χ1n) is 9.47. The van der Waals surface area contributed by atoms with Crippen molar-refractivity contribution in [3.8, 4) is 0 Å². The van der Waals surface area contributed by atoms with E-state index >= 15 is 0 Å². The number of benzene rings is 1. The summed E-state index contributed by atoms with van der Waals surface area (Å²) in [6.07, 6.45) is -0.317. The molecule has 0 bridgehead atoms. The van der Waals surface area contributed by atoms with Crippen LogP contribution >= 0.6 is 11.3 Å². The van der Waals surface area contributed by atoms with E-state index in [2.05, 4.69) is 9.97 Å². The van der Waals surface area contributed by atoms with Crippen LogP contribution in [-0.2, 0) is 16.1 Å². The molecule has 4 rings (SSSR count). The number of nitrogens with one attached hydrogen (secondary N) is 1. The summed E-state index contributed by atoms with van der Waals surface area (Å²) in [5, 5.41) is 11.7. The predicted octanol–water partition coefficient (Wildman–Crippen LogP) is 2.24. The minimum atomic E-state index is -0.829. The van der Waals surface area contributed by atoms with Crippen molar-refractivity contribution in [3.05, 3.63) is 66.1 Å². The maximum atomic E-state index is 12.5. The van der Waals surface area contributed by atoms with Crippen LogP contribution in [0.2, 0.25) is 0 Å². The van der Waals surface area contributed by atoms with Crippen LogP contribution in [0.25, 0.3) is 10.2 Å². The number of H-pyrrole nitrogens is 1. The minimum Gasteiger partial charge on any atom is -0.457 e. The molecule has 0 radical (unpaired) electrons. The number of imide groups is 1. The van der Waals surface area contributed by atoms with Gasteiger partial charge in [0.15, 0.2) is 0 Å². The lowest BCUT2D eigenvalue weighted by Gasteiger charge is -2.13. The molecule has 0 saturated carbocycles. The molecule has 1 N–H and O–H groups in total. The fourth-order valence-corrected chi connectivity index (χ4v) is 4.51. The number of thiophene rings is 1. The van der Waals surface area contributed by atoms with Gasteiger partial charge in [-0.2, -0.15) is 0 Å². The summed E-state index contributed by atoms with van der Waals surface area (Å²) in [4.78, 5) is 69.0. The first-order chi connectivity index (χ1) is 15.2. The number of nitro groups is 1. The number of carbonyl (C=O) groups is 3. The molecule has 12 heteroatoms. The van der Waals surface area contributed by atoms with Crippen molar-refractivity contribution in [2.75, 3.05) is 6.54 Å². The van der Waals surface area contributed by atoms with Gasteiger partial charge in [0.1, 0.15) is 22.8 Å². The number of fused-ring (bicyclic) bond motifs is 2. The number of nitro benzene ring substituents is 1. The lowest BCUT2D eigenvalue weighted by Crippen LogP contribution is -2.32. The molecule has 0 spiro atoms. The molecular formula is C20H16N4O7S. The number of amides is 2. The van der Waals surface area contributed by atoms with Gasteiger partial charge in [-0.05, 0) is 25.5 Å². The molecule has 1 aromatic carbocycles. The summed E-state index contributed by atoms with van der Waals surface area (Å²) in [7, 11) is 0. The number of nitrogens with zero attached hydrogens (tertiary/aromatic N) is 3. The van der Waals surface area contributed by atoms with Crippen molar-refractivity contribution < 1.29 is 24.0 Å². The molecule has 164 valence electrons. The Morgan fingerprint density at radius 3 is 2.72 bits per heavy atom. The van der Waals surface area contributed by atoms with E-state index in [1.807, 2.05) is 13.8 Å². The van der Waals surface area contributed by atoms with E-state index in [-0.39, 0.29) is 42.1 Å². The van der Waals surface area contributed by atoms with Crippen LogP contribution in [0, 0.1) is 24.0 Å². The monoisotopic (exact) mass is 456 g/mol. The molecule has 0 aliphatic carbocycles. The Hall–Kier alpha value is -3.93. The van der Waals surface area contributed by atoms with Crippen molar-refractivity contribution in [1.29, 1.82) is 0 Å². The van der Waals surface area contributed by atoms with Crippen molar-refractivity contribution in [2.24, 2.45) is 0 Å². The Kier molecular flexibility index (Phi) is 5.30. The van der Waals surface area contributed by atoms with Crippen molar-refractivity contribution in [3.63, 3.8) is 0 Å². The standard InChI is InChI=1S/C20H16N4O7S/c1-9-10(2)32-18-15(9)17(26)21-13(22-18)8-31-14(25)6-7-23-19(27)11-4-3-5-12(24(29)30)16(11)20(23)28/h3-5H,6-8H2,1-2H3,(H,21,22,26). The average molecular weight is 456 g/mol. The summed E-state index contributed by atoms with van der Waals surface area (Å²) in [5.41, 5.74) is -0.295. The van der Waals surface area contributed by atoms with Gasteiger partial charge in [-0.15, -0.1) is 11.3 Å². The van der Waals surface area contributed by atoms with Gasteiger partial charge in [-0.25, -0.2) is 4.98 Å². The van der Waals surface area contributed by atoms with E-state index in [0.717, 1.165) is 21.4 Å². The number of aromatic amines is 1. The minimum absolute atomic E-state index is 0.0748. The van der Waals surface area contributed by atoms with Crippen molar-refractivity contribution in [1.82, 2.24) is 14.9 Å². The van der Waals surface area contributed by atoms with Gasteiger partial charge in [-0.3, -0.25) is 34.2 Å². The number of ether oxygens (including phenoxy) is 1. The zero-order valence-corrected chi connectivity index (χ0v) is 17.8. The molecule has 2 amide bonds. The first kappa shape index (κ1) is 21.3. The van der Waals surface area contributed by atoms with E-state index in [1.165, 1.54) is 23.5 Å². The highest BCUT2D eigenvalue weighted by molar-refractivity contribution is 7.18. The maximum Gasteiger partial charge on any atom is 0.308 e. The third-order valence-electron chi connectivity index (χ3n) is 5.17. The fraction of sp³-hybridized carbons (Fsp3) is 0.250. The molecule has 0 atom stereocenters. The normalized spacial score (nSPS) is 13.0. The van der Waals surface area contributed by atoms with Gasteiger partial charge in [0, 0.05) is 17.5 Å². The van der Waals surface area contributed by atoms with Crippen LogP contribution in [0.1, 0.15) is 43.4 Å². The fourth-order valence-electron chi connectivity index (χ4n) is 3.46. The number of hydrogen-bond acceptors (Lipinski definition) is 9. The van der Waals surface area contributed by atoms with E-state index < -0.39 is 28.4 Å². The molecule has 0 unspecified atom stereocenters. The highest BCUT2D eigenvalue weighted by Crippen LogP contribution is 2.30. The van der Waals surface area contributed by atoms with Crippen LogP contribution in [-0.4, -0.2) is 44.1 Å². The van der Waals surface area contributed by atoms with Crippen LogP contribution in [0.5, 0.6) is 0 Å². The van der Waals surface area contributed by atoms with Crippen LogP contribution in [0.15, 0.2) is 23.0 Å². The number of rotatable bonds is 6. The Labute approximate surface area is 183 Å². The molecule has 3 aromatic rings. The second-order valence-electron chi connectivity index (χ2n) is 7.11.